The Hall–Kier alpha value is -0.900. The maximum Gasteiger partial charge on any atom is 0.340 e. The van der Waals surface area contributed by atoms with Crippen LogP contribution in [0.25, 0.3) is 0 Å². The van der Waals surface area contributed by atoms with Crippen LogP contribution in [-0.2, 0) is 17.5 Å². The third-order valence-electron chi connectivity index (χ3n) is 2.65. The number of aromatic nitrogens is 1. The molecule has 0 bridgehead atoms. The molecular weight excluding hydrogens is 198 g/mol. The van der Waals surface area contributed by atoms with Crippen molar-refractivity contribution in [1.29, 1.82) is 0 Å². The molecule has 1 aromatic rings. The van der Waals surface area contributed by atoms with Gasteiger partial charge in [0, 0.05) is 24.2 Å². The van der Waals surface area contributed by atoms with Crippen molar-refractivity contribution in [3.8, 4) is 0 Å². The summed E-state index contributed by atoms with van der Waals surface area (Å²) >= 11 is 4.22. The molecule has 0 amide bonds. The lowest BCUT2D eigenvalue weighted by Gasteiger charge is -2.01. The first-order chi connectivity index (χ1) is 6.54. The van der Waals surface area contributed by atoms with Crippen molar-refractivity contribution in [2.75, 3.05) is 7.11 Å². The molecule has 1 heterocycles. The zero-order valence-electron chi connectivity index (χ0n) is 8.92. The molecule has 1 rings (SSSR count). The zero-order chi connectivity index (χ0) is 10.9. The summed E-state index contributed by atoms with van der Waals surface area (Å²) in [4.78, 5) is 11.5. The predicted molar refractivity (Wildman–Crippen MR) is 58.9 cm³/mol. The van der Waals surface area contributed by atoms with Gasteiger partial charge in [0.1, 0.15) is 0 Å². The van der Waals surface area contributed by atoms with Crippen LogP contribution in [0, 0.1) is 13.8 Å². The lowest BCUT2D eigenvalue weighted by atomic mass is 10.1. The third-order valence-corrected chi connectivity index (χ3v) is 2.97. The second-order valence-corrected chi connectivity index (χ2v) is 3.55. The Morgan fingerprint density at radius 3 is 2.43 bits per heavy atom. The summed E-state index contributed by atoms with van der Waals surface area (Å²) in [7, 11) is 3.33. The number of hydrogen-bond donors (Lipinski definition) is 1. The molecule has 0 N–H and O–H groups in total. The lowest BCUT2D eigenvalue weighted by molar-refractivity contribution is 0.0599. The van der Waals surface area contributed by atoms with Gasteiger partial charge in [-0.2, -0.15) is 12.6 Å². The van der Waals surface area contributed by atoms with Crippen LogP contribution in [0.15, 0.2) is 0 Å². The number of thiol groups is 1. The van der Waals surface area contributed by atoms with Gasteiger partial charge >= 0.3 is 5.97 Å². The van der Waals surface area contributed by atoms with E-state index in [1.165, 1.54) is 7.11 Å². The van der Waals surface area contributed by atoms with Crippen LogP contribution in [0.5, 0.6) is 0 Å². The number of carbonyl (C=O) groups is 1. The topological polar surface area (TPSA) is 31.2 Å². The molecule has 0 spiro atoms. The van der Waals surface area contributed by atoms with Gasteiger partial charge in [0.05, 0.1) is 12.7 Å². The first kappa shape index (κ1) is 11.2. The molecule has 0 aromatic carbocycles. The summed E-state index contributed by atoms with van der Waals surface area (Å²) in [6.45, 7) is 3.89. The molecule has 0 aliphatic rings. The van der Waals surface area contributed by atoms with Crippen molar-refractivity contribution in [2.45, 2.75) is 19.6 Å². The smallest absolute Gasteiger partial charge is 0.340 e. The number of rotatable bonds is 2. The van der Waals surface area contributed by atoms with Crippen LogP contribution in [-0.4, -0.2) is 17.6 Å². The fraction of sp³-hybridized carbons (Fsp3) is 0.500. The average Bonchev–Trinajstić information content (AvgIpc) is 2.41. The van der Waals surface area contributed by atoms with E-state index in [1.54, 1.807) is 0 Å². The highest BCUT2D eigenvalue weighted by Crippen LogP contribution is 2.23. The van der Waals surface area contributed by atoms with E-state index in [9.17, 15) is 4.79 Å². The minimum absolute atomic E-state index is 0.282. The molecule has 0 aliphatic carbocycles. The lowest BCUT2D eigenvalue weighted by Crippen LogP contribution is -2.05. The summed E-state index contributed by atoms with van der Waals surface area (Å²) in [6, 6.07) is 0. The minimum Gasteiger partial charge on any atom is -0.465 e. The maximum atomic E-state index is 11.5. The Labute approximate surface area is 89.5 Å². The molecule has 0 unspecified atom stereocenters. The van der Waals surface area contributed by atoms with E-state index in [4.69, 9.17) is 4.74 Å². The molecule has 78 valence electrons. The Morgan fingerprint density at radius 2 is 2.00 bits per heavy atom. The van der Waals surface area contributed by atoms with Gasteiger partial charge in [0.15, 0.2) is 0 Å². The molecule has 0 fully saturated rings. The van der Waals surface area contributed by atoms with Crippen LogP contribution in [0.2, 0.25) is 0 Å². The summed E-state index contributed by atoms with van der Waals surface area (Å²) < 4.78 is 6.73. The Balaban J connectivity index is 3.40. The average molecular weight is 213 g/mol. The quantitative estimate of drug-likeness (QED) is 0.600. The maximum absolute atomic E-state index is 11.5. The molecule has 0 saturated carbocycles. The standard InChI is InChI=1S/C10H15NO2S/c1-6-8(5-14)9(10(12)13-4)7(2)11(6)3/h14H,5H2,1-4H3. The van der Waals surface area contributed by atoms with Gasteiger partial charge in [-0.15, -0.1) is 0 Å². The van der Waals surface area contributed by atoms with E-state index in [-0.39, 0.29) is 5.97 Å². The van der Waals surface area contributed by atoms with Gasteiger partial charge in [-0.05, 0) is 19.4 Å². The SMILES string of the molecule is COC(=O)c1c(CS)c(C)n(C)c1C. The fourth-order valence-electron chi connectivity index (χ4n) is 1.59. The van der Waals surface area contributed by atoms with Gasteiger partial charge < -0.3 is 9.30 Å². The fourth-order valence-corrected chi connectivity index (χ4v) is 1.97. The van der Waals surface area contributed by atoms with E-state index in [1.807, 2.05) is 25.5 Å². The van der Waals surface area contributed by atoms with Crippen LogP contribution >= 0.6 is 12.6 Å². The highest BCUT2D eigenvalue weighted by Gasteiger charge is 2.20. The first-order valence-corrected chi connectivity index (χ1v) is 5.01. The second kappa shape index (κ2) is 4.09. The van der Waals surface area contributed by atoms with Crippen LogP contribution in [0.3, 0.4) is 0 Å². The third kappa shape index (κ3) is 1.54. The minimum atomic E-state index is -0.282. The van der Waals surface area contributed by atoms with Gasteiger partial charge in [-0.1, -0.05) is 0 Å². The number of nitrogens with zero attached hydrogens (tertiary/aromatic N) is 1. The Morgan fingerprint density at radius 1 is 1.43 bits per heavy atom. The molecule has 3 nitrogen and oxygen atoms in total. The monoisotopic (exact) mass is 213 g/mol. The molecule has 1 aromatic heterocycles. The van der Waals surface area contributed by atoms with E-state index in [0.29, 0.717) is 11.3 Å². The normalized spacial score (nSPS) is 10.4. The van der Waals surface area contributed by atoms with Crippen molar-refractivity contribution in [3.05, 3.63) is 22.5 Å². The molecule has 0 aliphatic heterocycles. The number of methoxy groups -OCH3 is 1. The molecule has 0 saturated heterocycles. The number of esters is 1. The number of carbonyl (C=O) groups excluding carboxylic acids is 1. The first-order valence-electron chi connectivity index (χ1n) is 4.38. The Kier molecular flexibility index (Phi) is 3.26. The van der Waals surface area contributed by atoms with E-state index < -0.39 is 0 Å². The van der Waals surface area contributed by atoms with Gasteiger partial charge in [-0.25, -0.2) is 4.79 Å². The predicted octanol–water partition coefficient (Wildman–Crippen LogP) is 1.86. The molecular formula is C10H15NO2S. The zero-order valence-corrected chi connectivity index (χ0v) is 9.81. The number of ether oxygens (including phenoxy) is 1. The summed E-state index contributed by atoms with van der Waals surface area (Å²) in [5.41, 5.74) is 3.61. The summed E-state index contributed by atoms with van der Waals surface area (Å²) in [6.07, 6.45) is 0. The van der Waals surface area contributed by atoms with Gasteiger partial charge in [0.25, 0.3) is 0 Å². The second-order valence-electron chi connectivity index (χ2n) is 3.23. The molecule has 14 heavy (non-hydrogen) atoms. The number of hydrogen-bond acceptors (Lipinski definition) is 3. The van der Waals surface area contributed by atoms with Crippen LogP contribution < -0.4 is 0 Å². The van der Waals surface area contributed by atoms with E-state index in [2.05, 4.69) is 12.6 Å². The van der Waals surface area contributed by atoms with Crippen molar-refractivity contribution >= 4 is 18.6 Å². The van der Waals surface area contributed by atoms with Crippen LogP contribution in [0.1, 0.15) is 27.3 Å². The molecule has 0 radical (unpaired) electrons. The van der Waals surface area contributed by atoms with Gasteiger partial charge in [-0.3, -0.25) is 0 Å². The Bertz CT molecular complexity index is 369. The van der Waals surface area contributed by atoms with Gasteiger partial charge in [0.2, 0.25) is 0 Å². The summed E-state index contributed by atoms with van der Waals surface area (Å²) in [5.74, 6) is 0.271. The van der Waals surface area contributed by atoms with E-state index in [0.717, 1.165) is 17.0 Å². The van der Waals surface area contributed by atoms with Crippen molar-refractivity contribution in [3.63, 3.8) is 0 Å². The molecule has 0 atom stereocenters. The van der Waals surface area contributed by atoms with Crippen molar-refractivity contribution in [1.82, 2.24) is 4.57 Å². The van der Waals surface area contributed by atoms with E-state index >= 15 is 0 Å². The van der Waals surface area contributed by atoms with Crippen LogP contribution in [0.4, 0.5) is 0 Å². The summed E-state index contributed by atoms with van der Waals surface area (Å²) in [5, 5.41) is 0. The largest absolute Gasteiger partial charge is 0.465 e. The molecule has 4 heteroatoms. The van der Waals surface area contributed by atoms with Crippen molar-refractivity contribution in [2.24, 2.45) is 7.05 Å². The highest BCUT2D eigenvalue weighted by molar-refractivity contribution is 7.79. The van der Waals surface area contributed by atoms with Crippen molar-refractivity contribution < 1.29 is 9.53 Å². The highest BCUT2D eigenvalue weighted by atomic mass is 32.1.